The summed E-state index contributed by atoms with van der Waals surface area (Å²) in [6.07, 6.45) is 6.20. The van der Waals surface area contributed by atoms with Gasteiger partial charge in [-0.2, -0.15) is 0 Å². The van der Waals surface area contributed by atoms with Crippen molar-refractivity contribution in [3.05, 3.63) is 59.4 Å². The molecule has 0 aliphatic heterocycles. The first-order valence-electron chi connectivity index (χ1n) is 12.4. The molecular weight excluding hydrogens is 410 g/mol. The highest BCUT2D eigenvalue weighted by Crippen LogP contribution is 2.21. The van der Waals surface area contributed by atoms with Gasteiger partial charge in [0.15, 0.2) is 0 Å². The average Bonchev–Trinajstić information content (AvgIpc) is 3.15. The second kappa shape index (κ2) is 12.4. The minimum atomic E-state index is 0.0520. The normalized spacial score (nSPS) is 11.3. The minimum Gasteiger partial charge on any atom is -0.493 e. The van der Waals surface area contributed by atoms with Crippen LogP contribution in [0.25, 0.3) is 11.0 Å². The Hall–Kier alpha value is -2.82. The van der Waals surface area contributed by atoms with Crippen LogP contribution in [0.4, 0.5) is 0 Å². The van der Waals surface area contributed by atoms with Crippen molar-refractivity contribution in [1.82, 2.24) is 14.9 Å². The van der Waals surface area contributed by atoms with Gasteiger partial charge in [0, 0.05) is 25.4 Å². The van der Waals surface area contributed by atoms with Gasteiger partial charge in [-0.1, -0.05) is 44.5 Å². The molecule has 0 radical (unpaired) electrons. The molecule has 2 aromatic carbocycles. The van der Waals surface area contributed by atoms with Gasteiger partial charge in [0.25, 0.3) is 0 Å². The molecule has 0 bridgehead atoms. The number of aryl methyl sites for hydroxylation is 3. The van der Waals surface area contributed by atoms with Crippen molar-refractivity contribution in [2.24, 2.45) is 5.92 Å². The van der Waals surface area contributed by atoms with Gasteiger partial charge in [-0.3, -0.25) is 4.79 Å². The van der Waals surface area contributed by atoms with Crippen molar-refractivity contribution in [3.63, 3.8) is 0 Å². The number of nitrogens with one attached hydrogen (secondary N) is 1. The van der Waals surface area contributed by atoms with Crippen molar-refractivity contribution in [3.8, 4) is 5.75 Å². The van der Waals surface area contributed by atoms with Crippen LogP contribution in [0.15, 0.2) is 42.5 Å². The topological polar surface area (TPSA) is 56.1 Å². The SMILES string of the molecule is Cc1cccc(OCCCCn2c(CCCCCNC(=O)C(C)C)nc3ccccc32)c1C. The van der Waals surface area contributed by atoms with E-state index in [1.54, 1.807) is 0 Å². The molecule has 1 heterocycles. The second-order valence-electron chi connectivity index (χ2n) is 9.18. The van der Waals surface area contributed by atoms with Crippen molar-refractivity contribution < 1.29 is 9.53 Å². The van der Waals surface area contributed by atoms with E-state index < -0.39 is 0 Å². The molecule has 0 aliphatic carbocycles. The van der Waals surface area contributed by atoms with Gasteiger partial charge in [0.2, 0.25) is 5.91 Å². The number of para-hydroxylation sites is 2. The van der Waals surface area contributed by atoms with Crippen molar-refractivity contribution >= 4 is 16.9 Å². The quantitative estimate of drug-likeness (QED) is 0.326. The Morgan fingerprint density at radius 1 is 1.00 bits per heavy atom. The highest BCUT2D eigenvalue weighted by molar-refractivity contribution is 5.77. The van der Waals surface area contributed by atoms with Gasteiger partial charge >= 0.3 is 0 Å². The van der Waals surface area contributed by atoms with E-state index in [9.17, 15) is 4.79 Å². The molecule has 0 saturated carbocycles. The van der Waals surface area contributed by atoms with Gasteiger partial charge in [-0.05, 0) is 68.9 Å². The third-order valence-electron chi connectivity index (χ3n) is 6.22. The van der Waals surface area contributed by atoms with Crippen LogP contribution in [0.3, 0.4) is 0 Å². The number of carbonyl (C=O) groups is 1. The summed E-state index contributed by atoms with van der Waals surface area (Å²) >= 11 is 0. The first-order valence-corrected chi connectivity index (χ1v) is 12.4. The molecule has 1 N–H and O–H groups in total. The Kier molecular flexibility index (Phi) is 9.35. The first kappa shape index (κ1) is 24.8. The van der Waals surface area contributed by atoms with E-state index in [0.29, 0.717) is 0 Å². The first-order chi connectivity index (χ1) is 16.0. The number of fused-ring (bicyclic) bond motifs is 1. The monoisotopic (exact) mass is 449 g/mol. The minimum absolute atomic E-state index is 0.0520. The van der Waals surface area contributed by atoms with Gasteiger partial charge in [0.1, 0.15) is 11.6 Å². The lowest BCUT2D eigenvalue weighted by Crippen LogP contribution is -2.28. The number of hydrogen-bond acceptors (Lipinski definition) is 3. The van der Waals surface area contributed by atoms with Crippen LogP contribution >= 0.6 is 0 Å². The zero-order valence-corrected chi connectivity index (χ0v) is 20.7. The van der Waals surface area contributed by atoms with Crippen molar-refractivity contribution in [2.75, 3.05) is 13.2 Å². The average molecular weight is 450 g/mol. The van der Waals surface area contributed by atoms with Crippen LogP contribution in [0, 0.1) is 19.8 Å². The third kappa shape index (κ3) is 7.08. The number of benzene rings is 2. The highest BCUT2D eigenvalue weighted by atomic mass is 16.5. The smallest absolute Gasteiger partial charge is 0.222 e. The zero-order valence-electron chi connectivity index (χ0n) is 20.7. The molecule has 0 unspecified atom stereocenters. The van der Waals surface area contributed by atoms with E-state index >= 15 is 0 Å². The van der Waals surface area contributed by atoms with E-state index in [0.717, 1.165) is 75.3 Å². The fourth-order valence-electron chi connectivity index (χ4n) is 4.00. The Labute approximate surface area is 198 Å². The molecule has 178 valence electrons. The highest BCUT2D eigenvalue weighted by Gasteiger charge is 2.11. The van der Waals surface area contributed by atoms with E-state index in [2.05, 4.69) is 66.2 Å². The predicted molar refractivity (Wildman–Crippen MR) is 136 cm³/mol. The molecule has 0 atom stereocenters. The number of aromatic nitrogens is 2. The van der Waals surface area contributed by atoms with E-state index in [1.165, 1.54) is 16.6 Å². The Morgan fingerprint density at radius 3 is 2.64 bits per heavy atom. The maximum atomic E-state index is 11.7. The van der Waals surface area contributed by atoms with Crippen LogP contribution < -0.4 is 10.1 Å². The molecule has 0 aliphatic rings. The summed E-state index contributed by atoms with van der Waals surface area (Å²) < 4.78 is 8.42. The summed E-state index contributed by atoms with van der Waals surface area (Å²) in [5, 5.41) is 3.00. The molecule has 5 nitrogen and oxygen atoms in total. The number of amides is 1. The van der Waals surface area contributed by atoms with Gasteiger partial charge in [-0.15, -0.1) is 0 Å². The number of nitrogens with zero attached hydrogens (tertiary/aromatic N) is 2. The zero-order chi connectivity index (χ0) is 23.6. The van der Waals surface area contributed by atoms with E-state index in [1.807, 2.05) is 13.8 Å². The Bertz CT molecular complexity index is 1040. The van der Waals surface area contributed by atoms with Crippen LogP contribution in [0.1, 0.15) is 62.9 Å². The van der Waals surface area contributed by atoms with E-state index in [4.69, 9.17) is 9.72 Å². The summed E-state index contributed by atoms with van der Waals surface area (Å²) in [6, 6.07) is 14.6. The molecule has 0 saturated heterocycles. The molecule has 3 rings (SSSR count). The molecule has 0 spiro atoms. The molecule has 0 fully saturated rings. The van der Waals surface area contributed by atoms with Crippen LogP contribution in [0.2, 0.25) is 0 Å². The third-order valence-corrected chi connectivity index (χ3v) is 6.22. The number of unbranched alkanes of at least 4 members (excludes halogenated alkanes) is 3. The number of carbonyl (C=O) groups excluding carboxylic acids is 1. The number of ether oxygens (including phenoxy) is 1. The molecule has 1 amide bonds. The summed E-state index contributed by atoms with van der Waals surface area (Å²) in [5.41, 5.74) is 4.78. The molecule has 33 heavy (non-hydrogen) atoms. The van der Waals surface area contributed by atoms with Gasteiger partial charge < -0.3 is 14.6 Å². The van der Waals surface area contributed by atoms with Crippen LogP contribution in [-0.2, 0) is 17.8 Å². The van der Waals surface area contributed by atoms with E-state index in [-0.39, 0.29) is 11.8 Å². The Balaban J connectivity index is 1.48. The second-order valence-corrected chi connectivity index (χ2v) is 9.18. The van der Waals surface area contributed by atoms with Crippen LogP contribution in [-0.4, -0.2) is 28.6 Å². The predicted octanol–water partition coefficient (Wildman–Crippen LogP) is 6.00. The largest absolute Gasteiger partial charge is 0.493 e. The van der Waals surface area contributed by atoms with Gasteiger partial charge in [0.05, 0.1) is 17.6 Å². The number of hydrogen-bond donors (Lipinski definition) is 1. The molecule has 1 aromatic heterocycles. The van der Waals surface area contributed by atoms with Crippen molar-refractivity contribution in [1.29, 1.82) is 0 Å². The molecule has 5 heteroatoms. The van der Waals surface area contributed by atoms with Crippen LogP contribution in [0.5, 0.6) is 5.75 Å². The lowest BCUT2D eigenvalue weighted by Gasteiger charge is -2.12. The molecule has 3 aromatic rings. The molecular formula is C28H39N3O2. The Morgan fingerprint density at radius 2 is 1.82 bits per heavy atom. The number of imidazole rings is 1. The summed E-state index contributed by atoms with van der Waals surface area (Å²) in [7, 11) is 0. The van der Waals surface area contributed by atoms with Gasteiger partial charge in [-0.25, -0.2) is 4.98 Å². The standard InChI is InChI=1S/C28H39N3O2/c1-21(2)28(32)29-18-9-5-6-17-27-30-24-14-7-8-15-25(24)31(27)19-10-11-20-33-26-16-12-13-22(3)23(26)4/h7-8,12-16,21H,5-6,9-11,17-20H2,1-4H3,(H,29,32). The number of rotatable bonds is 13. The fourth-order valence-corrected chi connectivity index (χ4v) is 4.00. The summed E-state index contributed by atoms with van der Waals surface area (Å²) in [5.74, 6) is 2.35. The van der Waals surface area contributed by atoms with Crippen molar-refractivity contribution in [2.45, 2.75) is 72.8 Å². The maximum absolute atomic E-state index is 11.7. The lowest BCUT2D eigenvalue weighted by molar-refractivity contribution is -0.123. The lowest BCUT2D eigenvalue weighted by atomic mass is 10.1. The maximum Gasteiger partial charge on any atom is 0.222 e. The summed E-state index contributed by atoms with van der Waals surface area (Å²) in [4.78, 5) is 16.6. The summed E-state index contributed by atoms with van der Waals surface area (Å²) in [6.45, 7) is 10.5. The fraction of sp³-hybridized carbons (Fsp3) is 0.500.